The molecular weight excluding hydrogens is 122 g/mol. The number of carboxylic acids is 1. The summed E-state index contributed by atoms with van der Waals surface area (Å²) in [5.74, 6) is -1.34. The minimum atomic E-state index is -1.13. The molecule has 0 aliphatic carbocycles. The lowest BCUT2D eigenvalue weighted by atomic mass is 10.2. The Morgan fingerprint density at radius 2 is 2.11 bits per heavy atom. The fourth-order valence-corrected chi connectivity index (χ4v) is 0.397. The van der Waals surface area contributed by atoms with Crippen LogP contribution in [0.1, 0.15) is 13.3 Å². The SMILES string of the molecule is CC(=O)C[C@@H](N)C(=O)O. The van der Waals surface area contributed by atoms with Gasteiger partial charge in [-0.15, -0.1) is 0 Å². The molecule has 0 heterocycles. The number of Topliss-reactive ketones (excluding diaryl/α,β-unsaturated/α-hetero) is 1. The van der Waals surface area contributed by atoms with Crippen LogP contribution in [-0.4, -0.2) is 22.9 Å². The highest BCUT2D eigenvalue weighted by molar-refractivity contribution is 5.83. The normalized spacial score (nSPS) is 12.7. The number of aliphatic carboxylic acids is 1. The molecule has 0 fully saturated rings. The van der Waals surface area contributed by atoms with Gasteiger partial charge in [-0.3, -0.25) is 9.59 Å². The highest BCUT2D eigenvalue weighted by Crippen LogP contribution is 1.87. The number of nitrogens with two attached hydrogens (primary N) is 1. The minimum Gasteiger partial charge on any atom is -0.480 e. The van der Waals surface area contributed by atoms with Crippen molar-refractivity contribution in [1.82, 2.24) is 0 Å². The molecule has 4 heteroatoms. The highest BCUT2D eigenvalue weighted by Gasteiger charge is 2.12. The van der Waals surface area contributed by atoms with E-state index in [0.717, 1.165) is 0 Å². The zero-order chi connectivity index (χ0) is 7.44. The van der Waals surface area contributed by atoms with E-state index in [0.29, 0.717) is 0 Å². The van der Waals surface area contributed by atoms with E-state index in [4.69, 9.17) is 10.8 Å². The molecule has 3 N–H and O–H groups in total. The number of ketones is 1. The fourth-order valence-electron chi connectivity index (χ4n) is 0.397. The van der Waals surface area contributed by atoms with Crippen LogP contribution in [0.25, 0.3) is 0 Å². The Balaban J connectivity index is 3.63. The van der Waals surface area contributed by atoms with Crippen molar-refractivity contribution in [1.29, 1.82) is 0 Å². The molecule has 52 valence electrons. The predicted molar refractivity (Wildman–Crippen MR) is 30.9 cm³/mol. The van der Waals surface area contributed by atoms with E-state index in [2.05, 4.69) is 0 Å². The Morgan fingerprint density at radius 3 is 2.22 bits per heavy atom. The largest absolute Gasteiger partial charge is 0.480 e. The molecule has 0 aliphatic rings. The first-order valence-corrected chi connectivity index (χ1v) is 2.52. The summed E-state index contributed by atoms with van der Waals surface area (Å²) in [6.45, 7) is 1.31. The molecule has 0 saturated carbocycles. The Labute approximate surface area is 52.7 Å². The Morgan fingerprint density at radius 1 is 1.67 bits per heavy atom. The first kappa shape index (κ1) is 8.10. The van der Waals surface area contributed by atoms with Gasteiger partial charge in [-0.05, 0) is 6.92 Å². The third-order valence-corrected chi connectivity index (χ3v) is 0.825. The lowest BCUT2D eigenvalue weighted by Gasteiger charge is -2.00. The van der Waals surface area contributed by atoms with Gasteiger partial charge in [0.25, 0.3) is 0 Å². The van der Waals surface area contributed by atoms with Crippen LogP contribution in [0, 0.1) is 0 Å². The third kappa shape index (κ3) is 3.66. The highest BCUT2D eigenvalue weighted by atomic mass is 16.4. The lowest BCUT2D eigenvalue weighted by molar-refractivity contribution is -0.140. The van der Waals surface area contributed by atoms with Gasteiger partial charge in [0, 0.05) is 6.42 Å². The molecule has 0 aromatic heterocycles. The predicted octanol–water partition coefficient (Wildman–Crippen LogP) is -0.623. The van der Waals surface area contributed by atoms with E-state index in [9.17, 15) is 9.59 Å². The average molecular weight is 131 g/mol. The van der Waals surface area contributed by atoms with Gasteiger partial charge in [0.1, 0.15) is 11.8 Å². The molecule has 0 unspecified atom stereocenters. The van der Waals surface area contributed by atoms with E-state index in [-0.39, 0.29) is 12.2 Å². The van der Waals surface area contributed by atoms with E-state index >= 15 is 0 Å². The van der Waals surface area contributed by atoms with Crippen LogP contribution < -0.4 is 5.73 Å². The monoisotopic (exact) mass is 131 g/mol. The second kappa shape index (κ2) is 3.19. The number of carboxylic acid groups (broad SMARTS) is 1. The van der Waals surface area contributed by atoms with Gasteiger partial charge in [-0.1, -0.05) is 0 Å². The standard InChI is InChI=1S/C5H9NO3/c1-3(7)2-4(6)5(8)9/h4H,2,6H2,1H3,(H,8,9)/t4-/m1/s1. The van der Waals surface area contributed by atoms with Crippen molar-refractivity contribution in [3.8, 4) is 0 Å². The van der Waals surface area contributed by atoms with Gasteiger partial charge in [0.2, 0.25) is 0 Å². The van der Waals surface area contributed by atoms with Gasteiger partial charge in [0.05, 0.1) is 0 Å². The zero-order valence-corrected chi connectivity index (χ0v) is 5.13. The van der Waals surface area contributed by atoms with Gasteiger partial charge >= 0.3 is 5.97 Å². The van der Waals surface area contributed by atoms with Crippen molar-refractivity contribution >= 4 is 11.8 Å². The fraction of sp³-hybridized carbons (Fsp3) is 0.600. The summed E-state index contributed by atoms with van der Waals surface area (Å²) >= 11 is 0. The van der Waals surface area contributed by atoms with Crippen LogP contribution in [0.2, 0.25) is 0 Å². The molecule has 9 heavy (non-hydrogen) atoms. The summed E-state index contributed by atoms with van der Waals surface area (Å²) < 4.78 is 0. The molecule has 4 nitrogen and oxygen atoms in total. The van der Waals surface area contributed by atoms with Gasteiger partial charge in [0.15, 0.2) is 0 Å². The van der Waals surface area contributed by atoms with Crippen molar-refractivity contribution in [3.05, 3.63) is 0 Å². The lowest BCUT2D eigenvalue weighted by Crippen LogP contribution is -2.31. The topological polar surface area (TPSA) is 80.4 Å². The maximum absolute atomic E-state index is 10.2. The summed E-state index contributed by atoms with van der Waals surface area (Å²) in [5, 5.41) is 8.15. The molecular formula is C5H9NO3. The maximum Gasteiger partial charge on any atom is 0.320 e. The van der Waals surface area contributed by atoms with Gasteiger partial charge < -0.3 is 10.8 Å². The molecule has 0 aromatic rings. The molecule has 1 atom stereocenters. The zero-order valence-electron chi connectivity index (χ0n) is 5.13. The minimum absolute atomic E-state index is 0.0880. The molecule has 0 saturated heterocycles. The van der Waals surface area contributed by atoms with Crippen LogP contribution >= 0.6 is 0 Å². The quantitative estimate of drug-likeness (QED) is 0.534. The van der Waals surface area contributed by atoms with Crippen molar-refractivity contribution < 1.29 is 14.7 Å². The number of hydrogen-bond acceptors (Lipinski definition) is 3. The average Bonchev–Trinajstić information content (AvgIpc) is 1.63. The summed E-state index contributed by atoms with van der Waals surface area (Å²) in [7, 11) is 0. The van der Waals surface area contributed by atoms with Crippen molar-refractivity contribution in [2.45, 2.75) is 19.4 Å². The van der Waals surface area contributed by atoms with E-state index in [1.165, 1.54) is 6.92 Å². The maximum atomic E-state index is 10.2. The van der Waals surface area contributed by atoms with Crippen molar-refractivity contribution in [3.63, 3.8) is 0 Å². The first-order valence-electron chi connectivity index (χ1n) is 2.52. The van der Waals surface area contributed by atoms with E-state index in [1.807, 2.05) is 0 Å². The summed E-state index contributed by atoms with van der Waals surface area (Å²) in [6.07, 6.45) is -0.0880. The van der Waals surface area contributed by atoms with E-state index in [1.54, 1.807) is 0 Å². The number of carbonyl (C=O) groups is 2. The van der Waals surface area contributed by atoms with Crippen LogP contribution in [0.4, 0.5) is 0 Å². The smallest absolute Gasteiger partial charge is 0.320 e. The summed E-state index contributed by atoms with van der Waals surface area (Å²) in [5.41, 5.74) is 5.00. The molecule has 0 aromatic carbocycles. The molecule has 0 aliphatic heterocycles. The van der Waals surface area contributed by atoms with Crippen LogP contribution in [0.5, 0.6) is 0 Å². The van der Waals surface area contributed by atoms with Crippen LogP contribution in [-0.2, 0) is 9.59 Å². The Hall–Kier alpha value is -0.900. The summed E-state index contributed by atoms with van der Waals surface area (Å²) in [6, 6.07) is -1.04. The Kier molecular flexibility index (Phi) is 2.87. The molecule has 0 radical (unpaired) electrons. The second-order valence-corrected chi connectivity index (χ2v) is 1.85. The summed E-state index contributed by atoms with van der Waals surface area (Å²) in [4.78, 5) is 20.2. The molecule has 0 spiro atoms. The van der Waals surface area contributed by atoms with Crippen LogP contribution in [0.3, 0.4) is 0 Å². The number of rotatable bonds is 3. The van der Waals surface area contributed by atoms with Crippen molar-refractivity contribution in [2.24, 2.45) is 5.73 Å². The van der Waals surface area contributed by atoms with Crippen LogP contribution in [0.15, 0.2) is 0 Å². The van der Waals surface area contributed by atoms with Crippen molar-refractivity contribution in [2.75, 3.05) is 0 Å². The van der Waals surface area contributed by atoms with E-state index < -0.39 is 12.0 Å². The third-order valence-electron chi connectivity index (χ3n) is 0.825. The first-order chi connectivity index (χ1) is 4.04. The van der Waals surface area contributed by atoms with Gasteiger partial charge in [-0.25, -0.2) is 0 Å². The number of carbonyl (C=O) groups excluding carboxylic acids is 1. The Bertz CT molecular complexity index is 132. The number of hydrogen-bond donors (Lipinski definition) is 2. The molecule has 0 bridgehead atoms. The van der Waals surface area contributed by atoms with Gasteiger partial charge in [-0.2, -0.15) is 0 Å². The molecule has 0 rings (SSSR count). The second-order valence-electron chi connectivity index (χ2n) is 1.85. The molecule has 0 amide bonds.